The molecule has 30 heavy (non-hydrogen) atoms. The van der Waals surface area contributed by atoms with Crippen molar-refractivity contribution in [3.63, 3.8) is 0 Å². The normalized spacial score (nSPS) is 12.7. The zero-order valence-electron chi connectivity index (χ0n) is 17.1. The van der Waals surface area contributed by atoms with Crippen LogP contribution in [0.25, 0.3) is 0 Å². The van der Waals surface area contributed by atoms with Crippen molar-refractivity contribution in [1.82, 2.24) is 10.2 Å². The van der Waals surface area contributed by atoms with Crippen molar-refractivity contribution >= 4 is 50.9 Å². The molecule has 0 spiro atoms. The molecule has 0 saturated heterocycles. The minimum Gasteiger partial charge on any atom is -0.482 e. The van der Waals surface area contributed by atoms with Gasteiger partial charge in [-0.15, -0.1) is 0 Å². The summed E-state index contributed by atoms with van der Waals surface area (Å²) in [7, 11) is 0. The van der Waals surface area contributed by atoms with Crippen LogP contribution in [0.1, 0.15) is 32.8 Å². The van der Waals surface area contributed by atoms with Crippen LogP contribution in [-0.4, -0.2) is 35.4 Å². The molecule has 0 radical (unpaired) electrons. The summed E-state index contributed by atoms with van der Waals surface area (Å²) in [6, 6.07) is 11.7. The van der Waals surface area contributed by atoms with Gasteiger partial charge in [-0.3, -0.25) is 9.59 Å². The Morgan fingerprint density at radius 3 is 2.53 bits per heavy atom. The van der Waals surface area contributed by atoms with Gasteiger partial charge in [-0.25, -0.2) is 0 Å². The lowest BCUT2D eigenvalue weighted by atomic mass is 10.1. The van der Waals surface area contributed by atoms with Crippen molar-refractivity contribution in [1.29, 1.82) is 0 Å². The molecule has 2 amide bonds. The van der Waals surface area contributed by atoms with Gasteiger partial charge in [0.2, 0.25) is 5.91 Å². The van der Waals surface area contributed by atoms with Crippen LogP contribution in [0.15, 0.2) is 46.9 Å². The fourth-order valence-corrected chi connectivity index (χ4v) is 3.64. The highest BCUT2D eigenvalue weighted by molar-refractivity contribution is 9.10. The lowest BCUT2D eigenvalue weighted by Gasteiger charge is -2.29. The molecule has 0 saturated carbocycles. The average Bonchev–Trinajstić information content (AvgIpc) is 2.70. The van der Waals surface area contributed by atoms with Crippen LogP contribution in [0.4, 0.5) is 0 Å². The van der Waals surface area contributed by atoms with Gasteiger partial charge in [0.1, 0.15) is 11.8 Å². The Hall–Kier alpha value is -1.76. The molecule has 2 aromatic carbocycles. The first-order chi connectivity index (χ1) is 14.2. The average molecular weight is 516 g/mol. The Morgan fingerprint density at radius 2 is 1.90 bits per heavy atom. The maximum Gasteiger partial charge on any atom is 0.261 e. The van der Waals surface area contributed by atoms with E-state index >= 15 is 0 Å². The summed E-state index contributed by atoms with van der Waals surface area (Å²) in [4.78, 5) is 27.2. The van der Waals surface area contributed by atoms with E-state index < -0.39 is 6.04 Å². The Bertz CT molecular complexity index is 894. The van der Waals surface area contributed by atoms with Gasteiger partial charge in [-0.2, -0.15) is 0 Å². The molecule has 162 valence electrons. The van der Waals surface area contributed by atoms with E-state index in [2.05, 4.69) is 21.2 Å². The van der Waals surface area contributed by atoms with Crippen molar-refractivity contribution in [2.75, 3.05) is 6.61 Å². The second-order valence-electron chi connectivity index (χ2n) is 7.01. The van der Waals surface area contributed by atoms with E-state index in [0.29, 0.717) is 15.8 Å². The van der Waals surface area contributed by atoms with Crippen LogP contribution in [0.2, 0.25) is 10.0 Å². The molecule has 2 rings (SSSR count). The molecular formula is C22H25BrCl2N2O3. The van der Waals surface area contributed by atoms with Gasteiger partial charge in [0, 0.05) is 22.1 Å². The molecule has 8 heteroatoms. The number of halogens is 3. The quantitative estimate of drug-likeness (QED) is 0.482. The summed E-state index contributed by atoms with van der Waals surface area (Å²) in [5.41, 5.74) is 0.820. The van der Waals surface area contributed by atoms with Crippen LogP contribution in [0.5, 0.6) is 5.75 Å². The maximum atomic E-state index is 13.0. The van der Waals surface area contributed by atoms with E-state index in [9.17, 15) is 9.59 Å². The Labute approximate surface area is 195 Å². The topological polar surface area (TPSA) is 58.6 Å². The number of nitrogens with zero attached hydrogens (tertiary/aromatic N) is 1. The van der Waals surface area contributed by atoms with Gasteiger partial charge in [0.25, 0.3) is 5.91 Å². The molecule has 1 N–H and O–H groups in total. The highest BCUT2D eigenvalue weighted by atomic mass is 79.9. The predicted molar refractivity (Wildman–Crippen MR) is 124 cm³/mol. The van der Waals surface area contributed by atoms with Crippen LogP contribution < -0.4 is 10.1 Å². The summed E-state index contributed by atoms with van der Waals surface area (Å²) in [5, 5.41) is 3.88. The molecule has 0 aliphatic carbocycles. The highest BCUT2D eigenvalue weighted by Crippen LogP contribution is 2.27. The second-order valence-corrected chi connectivity index (χ2v) is 8.77. The van der Waals surface area contributed by atoms with Crippen LogP contribution in [-0.2, 0) is 16.1 Å². The third-order valence-electron chi connectivity index (χ3n) is 4.66. The number of nitrogens with one attached hydrogen (secondary N) is 1. The number of carbonyl (C=O) groups is 2. The summed E-state index contributed by atoms with van der Waals surface area (Å²) >= 11 is 15.6. The van der Waals surface area contributed by atoms with Crippen molar-refractivity contribution in [2.45, 2.75) is 45.8 Å². The van der Waals surface area contributed by atoms with E-state index in [4.69, 9.17) is 27.9 Å². The number of rotatable bonds is 9. The van der Waals surface area contributed by atoms with E-state index in [1.165, 1.54) is 4.90 Å². The molecule has 0 aliphatic rings. The maximum absolute atomic E-state index is 13.0. The summed E-state index contributed by atoms with van der Waals surface area (Å²) in [6.07, 6.45) is 0.797. The van der Waals surface area contributed by atoms with E-state index in [-0.39, 0.29) is 31.0 Å². The first-order valence-corrected chi connectivity index (χ1v) is 11.2. The Kier molecular flexibility index (Phi) is 9.46. The second kappa shape index (κ2) is 11.6. The molecule has 0 aromatic heterocycles. The summed E-state index contributed by atoms with van der Waals surface area (Å²) in [6.45, 7) is 5.59. The first-order valence-electron chi connectivity index (χ1n) is 9.63. The SMILES string of the molecule is CC[C@@H](C)NC(=O)[C@H](C)N(Cc1cccc(Cl)c1)C(=O)COc1ccc(Br)cc1Cl. The van der Waals surface area contributed by atoms with Crippen LogP contribution in [0.3, 0.4) is 0 Å². The number of carbonyl (C=O) groups excluding carboxylic acids is 2. The molecule has 0 unspecified atom stereocenters. The third-order valence-corrected chi connectivity index (χ3v) is 5.68. The van der Waals surface area contributed by atoms with Gasteiger partial charge in [0.05, 0.1) is 5.02 Å². The molecular weight excluding hydrogens is 491 g/mol. The Balaban J connectivity index is 2.18. The molecule has 2 atom stereocenters. The zero-order valence-corrected chi connectivity index (χ0v) is 20.2. The number of hydrogen-bond donors (Lipinski definition) is 1. The Morgan fingerprint density at radius 1 is 1.17 bits per heavy atom. The van der Waals surface area contributed by atoms with Crippen molar-refractivity contribution in [3.05, 3.63) is 62.5 Å². The molecule has 0 fully saturated rings. The largest absolute Gasteiger partial charge is 0.482 e. The third kappa shape index (κ3) is 7.18. The fourth-order valence-electron chi connectivity index (χ4n) is 2.69. The lowest BCUT2D eigenvalue weighted by Crippen LogP contribution is -2.50. The zero-order chi connectivity index (χ0) is 22.3. The van der Waals surface area contributed by atoms with E-state index in [0.717, 1.165) is 16.5 Å². The smallest absolute Gasteiger partial charge is 0.261 e. The molecule has 2 aromatic rings. The van der Waals surface area contributed by atoms with Gasteiger partial charge in [-0.1, -0.05) is 58.2 Å². The summed E-state index contributed by atoms with van der Waals surface area (Å²) < 4.78 is 6.44. The van der Waals surface area contributed by atoms with Crippen LogP contribution >= 0.6 is 39.1 Å². The number of amides is 2. The standard InChI is InChI=1S/C22H25BrCl2N2O3/c1-4-14(2)26-22(29)15(3)27(12-16-6-5-7-18(24)10-16)21(28)13-30-20-9-8-17(23)11-19(20)25/h5-11,14-15H,4,12-13H2,1-3H3,(H,26,29)/t14-,15+/m1/s1. The van der Waals surface area contributed by atoms with Gasteiger partial charge in [0.15, 0.2) is 6.61 Å². The number of hydrogen-bond acceptors (Lipinski definition) is 3. The van der Waals surface area contributed by atoms with Crippen molar-refractivity contribution < 1.29 is 14.3 Å². The monoisotopic (exact) mass is 514 g/mol. The van der Waals surface area contributed by atoms with E-state index in [1.54, 1.807) is 37.3 Å². The van der Waals surface area contributed by atoms with Crippen LogP contribution in [0, 0.1) is 0 Å². The number of benzene rings is 2. The minimum atomic E-state index is -0.686. The predicted octanol–water partition coefficient (Wildman–Crippen LogP) is 5.47. The molecule has 0 bridgehead atoms. The molecule has 0 aliphatic heterocycles. The van der Waals surface area contributed by atoms with Crippen molar-refractivity contribution in [3.8, 4) is 5.75 Å². The molecule has 5 nitrogen and oxygen atoms in total. The lowest BCUT2D eigenvalue weighted by molar-refractivity contribution is -0.142. The van der Waals surface area contributed by atoms with E-state index in [1.807, 2.05) is 26.0 Å². The van der Waals surface area contributed by atoms with Gasteiger partial charge in [-0.05, 0) is 56.2 Å². The van der Waals surface area contributed by atoms with Crippen molar-refractivity contribution in [2.24, 2.45) is 0 Å². The first kappa shape index (κ1) is 24.5. The minimum absolute atomic E-state index is 0.0147. The summed E-state index contributed by atoms with van der Waals surface area (Å²) in [5.74, 6) is -0.158. The van der Waals surface area contributed by atoms with Gasteiger partial charge >= 0.3 is 0 Å². The number of ether oxygens (including phenoxy) is 1. The van der Waals surface area contributed by atoms with Gasteiger partial charge < -0.3 is 15.0 Å². The fraction of sp³-hybridized carbons (Fsp3) is 0.364. The highest BCUT2D eigenvalue weighted by Gasteiger charge is 2.27. The molecule has 0 heterocycles.